The van der Waals surface area contributed by atoms with E-state index in [1.165, 1.54) is 5.69 Å². The average molecular weight is 192 g/mol. The molecule has 0 spiro atoms. The molecule has 2 rings (SSSR count). The second kappa shape index (κ2) is 3.88. The van der Waals surface area contributed by atoms with Crippen molar-refractivity contribution in [3.63, 3.8) is 0 Å². The zero-order valence-electron chi connectivity index (χ0n) is 8.44. The Hall–Kier alpha value is -1.22. The summed E-state index contributed by atoms with van der Waals surface area (Å²) in [5, 5.41) is 0. The monoisotopic (exact) mass is 192 g/mol. The Morgan fingerprint density at radius 3 is 2.64 bits per heavy atom. The topological polar surface area (TPSA) is 38.5 Å². The summed E-state index contributed by atoms with van der Waals surface area (Å²) in [7, 11) is 1.77. The fourth-order valence-electron chi connectivity index (χ4n) is 1.84. The molecule has 0 amide bonds. The van der Waals surface area contributed by atoms with E-state index in [9.17, 15) is 0 Å². The van der Waals surface area contributed by atoms with Crippen molar-refractivity contribution in [2.45, 2.75) is 12.5 Å². The van der Waals surface area contributed by atoms with Gasteiger partial charge in [0, 0.05) is 31.6 Å². The number of nitrogens with two attached hydrogens (primary N) is 1. The minimum atomic E-state index is 0.382. The van der Waals surface area contributed by atoms with Crippen molar-refractivity contribution in [1.82, 2.24) is 0 Å². The highest BCUT2D eigenvalue weighted by Gasteiger charge is 2.21. The van der Waals surface area contributed by atoms with E-state index < -0.39 is 0 Å². The molecule has 1 aliphatic heterocycles. The molecule has 1 aromatic rings. The predicted molar refractivity (Wildman–Crippen MR) is 58.5 cm³/mol. The smallest absolute Gasteiger partial charge is 0.0762 e. The normalized spacial score (nSPS) is 21.5. The summed E-state index contributed by atoms with van der Waals surface area (Å²) < 4.78 is 5.32. The van der Waals surface area contributed by atoms with Crippen molar-refractivity contribution in [2.75, 3.05) is 30.8 Å². The number of nitrogen functional groups attached to an aromatic ring is 1. The summed E-state index contributed by atoms with van der Waals surface area (Å²) >= 11 is 0. The molecule has 0 saturated carbocycles. The van der Waals surface area contributed by atoms with E-state index in [0.29, 0.717) is 6.10 Å². The number of ether oxygens (including phenoxy) is 1. The summed E-state index contributed by atoms with van der Waals surface area (Å²) in [6.45, 7) is 2.06. The first-order valence-corrected chi connectivity index (χ1v) is 4.93. The lowest BCUT2D eigenvalue weighted by atomic mass is 10.2. The van der Waals surface area contributed by atoms with Crippen LogP contribution in [-0.4, -0.2) is 26.3 Å². The molecule has 3 nitrogen and oxygen atoms in total. The highest BCUT2D eigenvalue weighted by molar-refractivity contribution is 5.53. The van der Waals surface area contributed by atoms with Crippen LogP contribution in [0.15, 0.2) is 24.3 Å². The predicted octanol–water partition coefficient (Wildman–Crippen LogP) is 1.49. The van der Waals surface area contributed by atoms with Gasteiger partial charge < -0.3 is 15.4 Å². The number of hydrogen-bond donors (Lipinski definition) is 1. The Kier molecular flexibility index (Phi) is 2.59. The Morgan fingerprint density at radius 1 is 1.36 bits per heavy atom. The second-order valence-corrected chi connectivity index (χ2v) is 3.68. The quantitative estimate of drug-likeness (QED) is 0.721. The summed E-state index contributed by atoms with van der Waals surface area (Å²) in [6, 6.07) is 8.01. The van der Waals surface area contributed by atoms with Gasteiger partial charge in [-0.05, 0) is 30.7 Å². The molecule has 1 heterocycles. The van der Waals surface area contributed by atoms with Gasteiger partial charge in [0.15, 0.2) is 0 Å². The maximum Gasteiger partial charge on any atom is 0.0762 e. The maximum absolute atomic E-state index is 5.64. The molecule has 14 heavy (non-hydrogen) atoms. The lowest BCUT2D eigenvalue weighted by Gasteiger charge is -2.18. The van der Waals surface area contributed by atoms with Crippen LogP contribution in [0.25, 0.3) is 0 Å². The minimum absolute atomic E-state index is 0.382. The third-order valence-electron chi connectivity index (χ3n) is 2.74. The number of benzene rings is 1. The summed E-state index contributed by atoms with van der Waals surface area (Å²) in [6.07, 6.45) is 1.49. The molecule has 1 aromatic carbocycles. The molecular formula is C11H16N2O. The molecule has 0 aliphatic carbocycles. The molecule has 1 fully saturated rings. The molecule has 1 saturated heterocycles. The van der Waals surface area contributed by atoms with Crippen LogP contribution in [0.2, 0.25) is 0 Å². The minimum Gasteiger partial charge on any atom is -0.399 e. The van der Waals surface area contributed by atoms with Gasteiger partial charge in [0.05, 0.1) is 6.10 Å². The third-order valence-corrected chi connectivity index (χ3v) is 2.74. The molecule has 1 atom stereocenters. The first-order valence-electron chi connectivity index (χ1n) is 4.93. The van der Waals surface area contributed by atoms with Gasteiger partial charge >= 0.3 is 0 Å². The first-order chi connectivity index (χ1) is 6.79. The fourth-order valence-corrected chi connectivity index (χ4v) is 1.84. The van der Waals surface area contributed by atoms with Crippen molar-refractivity contribution in [1.29, 1.82) is 0 Å². The molecule has 3 heteroatoms. The van der Waals surface area contributed by atoms with Crippen molar-refractivity contribution in [3.05, 3.63) is 24.3 Å². The Balaban J connectivity index is 2.06. The summed E-state index contributed by atoms with van der Waals surface area (Å²) in [5.41, 5.74) is 7.69. The van der Waals surface area contributed by atoms with Crippen molar-refractivity contribution in [3.8, 4) is 0 Å². The molecule has 1 aliphatic rings. The van der Waals surface area contributed by atoms with Gasteiger partial charge in [-0.2, -0.15) is 0 Å². The molecule has 76 valence electrons. The zero-order valence-corrected chi connectivity index (χ0v) is 8.44. The second-order valence-electron chi connectivity index (χ2n) is 3.68. The van der Waals surface area contributed by atoms with E-state index in [-0.39, 0.29) is 0 Å². The van der Waals surface area contributed by atoms with Crippen LogP contribution in [0.1, 0.15) is 6.42 Å². The van der Waals surface area contributed by atoms with Crippen molar-refractivity contribution >= 4 is 11.4 Å². The first kappa shape index (κ1) is 9.34. The Morgan fingerprint density at radius 2 is 2.07 bits per heavy atom. The third kappa shape index (κ3) is 1.82. The maximum atomic E-state index is 5.64. The molecule has 0 aromatic heterocycles. The number of hydrogen-bond acceptors (Lipinski definition) is 3. The highest BCUT2D eigenvalue weighted by Crippen LogP contribution is 2.22. The lowest BCUT2D eigenvalue weighted by molar-refractivity contribution is 0.121. The van der Waals surface area contributed by atoms with E-state index in [1.54, 1.807) is 7.11 Å². The highest BCUT2D eigenvalue weighted by atomic mass is 16.5. The molecule has 0 unspecified atom stereocenters. The average Bonchev–Trinajstić information content (AvgIpc) is 2.67. The molecule has 2 N–H and O–H groups in total. The van der Waals surface area contributed by atoms with E-state index in [2.05, 4.69) is 17.0 Å². The fraction of sp³-hybridized carbons (Fsp3) is 0.455. The zero-order chi connectivity index (χ0) is 9.97. The van der Waals surface area contributed by atoms with Crippen LogP contribution >= 0.6 is 0 Å². The van der Waals surface area contributed by atoms with Gasteiger partial charge in [-0.1, -0.05) is 0 Å². The van der Waals surface area contributed by atoms with Gasteiger partial charge in [-0.25, -0.2) is 0 Å². The van der Waals surface area contributed by atoms with E-state index in [1.807, 2.05) is 12.1 Å². The SMILES string of the molecule is CO[C@@H]1CCN(c2ccc(N)cc2)C1. The van der Waals surface area contributed by atoms with Gasteiger partial charge in [0.2, 0.25) is 0 Å². The largest absolute Gasteiger partial charge is 0.399 e. The summed E-state index contributed by atoms with van der Waals surface area (Å²) in [4.78, 5) is 2.33. The lowest BCUT2D eigenvalue weighted by Crippen LogP contribution is -2.21. The number of rotatable bonds is 2. The molecule has 0 radical (unpaired) electrons. The Bertz CT molecular complexity index is 297. The van der Waals surface area contributed by atoms with Gasteiger partial charge in [0.1, 0.15) is 0 Å². The van der Waals surface area contributed by atoms with Crippen LogP contribution in [0.5, 0.6) is 0 Å². The van der Waals surface area contributed by atoms with Crippen LogP contribution in [0.4, 0.5) is 11.4 Å². The molecular weight excluding hydrogens is 176 g/mol. The van der Waals surface area contributed by atoms with Crippen LogP contribution in [0, 0.1) is 0 Å². The van der Waals surface area contributed by atoms with E-state index in [4.69, 9.17) is 10.5 Å². The van der Waals surface area contributed by atoms with E-state index in [0.717, 1.165) is 25.2 Å². The Labute approximate surface area is 84.5 Å². The van der Waals surface area contributed by atoms with E-state index >= 15 is 0 Å². The van der Waals surface area contributed by atoms with Crippen LogP contribution < -0.4 is 10.6 Å². The van der Waals surface area contributed by atoms with Crippen molar-refractivity contribution < 1.29 is 4.74 Å². The molecule has 0 bridgehead atoms. The van der Waals surface area contributed by atoms with Crippen LogP contribution in [-0.2, 0) is 4.74 Å². The number of anilines is 2. The van der Waals surface area contributed by atoms with Gasteiger partial charge in [-0.15, -0.1) is 0 Å². The number of methoxy groups -OCH3 is 1. The van der Waals surface area contributed by atoms with Crippen molar-refractivity contribution in [2.24, 2.45) is 0 Å². The number of nitrogens with zero attached hydrogens (tertiary/aromatic N) is 1. The van der Waals surface area contributed by atoms with Gasteiger partial charge in [0.25, 0.3) is 0 Å². The standard InChI is InChI=1S/C11H16N2O/c1-14-11-6-7-13(8-11)10-4-2-9(12)3-5-10/h2-5,11H,6-8,12H2,1H3/t11-/m1/s1. The summed E-state index contributed by atoms with van der Waals surface area (Å²) in [5.74, 6) is 0. The van der Waals surface area contributed by atoms with Gasteiger partial charge in [-0.3, -0.25) is 0 Å². The van der Waals surface area contributed by atoms with Crippen LogP contribution in [0.3, 0.4) is 0 Å².